The zero-order valence-electron chi connectivity index (χ0n) is 21.1. The number of carbonyl (C=O) groups is 2. The second kappa shape index (κ2) is 9.45. The SMILES string of the molecule is Cn1cnnc1CC1(c2cccc(N3C(=O)c4cc(C5CCNC5)cc(C(F)(F)F)c4C3OC=O)c2)COC1. The van der Waals surface area contributed by atoms with Crippen molar-refractivity contribution in [2.24, 2.45) is 7.05 Å². The predicted octanol–water partition coefficient (Wildman–Crippen LogP) is 3.25. The second-order valence-corrected chi connectivity index (χ2v) is 10.3. The Morgan fingerprint density at radius 3 is 2.69 bits per heavy atom. The van der Waals surface area contributed by atoms with Crippen LogP contribution in [0.25, 0.3) is 0 Å². The highest BCUT2D eigenvalue weighted by Gasteiger charge is 2.48. The first-order valence-corrected chi connectivity index (χ1v) is 12.6. The molecule has 2 fully saturated rings. The Kier molecular flexibility index (Phi) is 6.18. The predicted molar refractivity (Wildman–Crippen MR) is 132 cm³/mol. The van der Waals surface area contributed by atoms with Crippen molar-refractivity contribution in [1.82, 2.24) is 20.1 Å². The number of alkyl halides is 3. The monoisotopic (exact) mass is 541 g/mol. The Bertz CT molecular complexity index is 1430. The molecule has 3 aliphatic rings. The van der Waals surface area contributed by atoms with Crippen LogP contribution in [0.5, 0.6) is 0 Å². The van der Waals surface area contributed by atoms with Crippen molar-refractivity contribution in [2.75, 3.05) is 31.2 Å². The molecule has 2 unspecified atom stereocenters. The summed E-state index contributed by atoms with van der Waals surface area (Å²) in [7, 11) is 1.84. The molecule has 9 nitrogen and oxygen atoms in total. The van der Waals surface area contributed by atoms with Crippen LogP contribution in [0.2, 0.25) is 0 Å². The summed E-state index contributed by atoms with van der Waals surface area (Å²) in [4.78, 5) is 26.4. The van der Waals surface area contributed by atoms with Crippen molar-refractivity contribution in [2.45, 2.75) is 36.6 Å². The summed E-state index contributed by atoms with van der Waals surface area (Å²) < 4.78 is 55.6. The molecule has 1 amide bonds. The number of rotatable bonds is 7. The van der Waals surface area contributed by atoms with E-state index >= 15 is 0 Å². The van der Waals surface area contributed by atoms with Crippen LogP contribution in [-0.4, -0.2) is 53.4 Å². The molecule has 1 aromatic heterocycles. The zero-order chi connectivity index (χ0) is 27.4. The third-order valence-corrected chi connectivity index (χ3v) is 7.95. The molecule has 0 bridgehead atoms. The molecule has 0 aliphatic carbocycles. The number of aryl methyl sites for hydroxylation is 1. The molecular formula is C27H26F3N5O4. The van der Waals surface area contributed by atoms with Gasteiger partial charge in [-0.15, -0.1) is 10.2 Å². The maximum atomic E-state index is 14.4. The van der Waals surface area contributed by atoms with Crippen LogP contribution < -0.4 is 10.2 Å². The van der Waals surface area contributed by atoms with E-state index in [1.807, 2.05) is 17.7 Å². The third kappa shape index (κ3) is 4.27. The number of ether oxygens (including phenoxy) is 2. The molecule has 0 radical (unpaired) electrons. The van der Waals surface area contributed by atoms with Crippen LogP contribution in [-0.2, 0) is 39.3 Å². The smallest absolute Gasteiger partial charge is 0.416 e. The van der Waals surface area contributed by atoms with Gasteiger partial charge in [-0.25, -0.2) is 0 Å². The standard InChI is InChI=1S/C27H26F3N5O4/c1-34-14-32-33-22(34)10-26(12-38-13-26)18-3-2-4-19(9-18)35-24(37)20-7-17(16-5-6-31-11-16)8-21(27(28,29)30)23(20)25(35)39-15-36/h2-4,7-9,14-16,25,31H,5-6,10-13H2,1H3. The van der Waals surface area contributed by atoms with Crippen molar-refractivity contribution in [3.8, 4) is 0 Å². The Labute approximate surface area is 221 Å². The lowest BCUT2D eigenvalue weighted by Crippen LogP contribution is -2.49. The summed E-state index contributed by atoms with van der Waals surface area (Å²) >= 11 is 0. The van der Waals surface area contributed by atoms with Gasteiger partial charge in [0.15, 0.2) is 0 Å². The number of carbonyl (C=O) groups excluding carboxylic acids is 2. The Hall–Kier alpha value is -3.77. The third-order valence-electron chi connectivity index (χ3n) is 7.95. The number of nitrogens with zero attached hydrogens (tertiary/aromatic N) is 4. The van der Waals surface area contributed by atoms with E-state index in [1.54, 1.807) is 24.5 Å². The Morgan fingerprint density at radius 2 is 2.08 bits per heavy atom. The molecule has 1 N–H and O–H groups in total. The van der Waals surface area contributed by atoms with Crippen molar-refractivity contribution < 1.29 is 32.2 Å². The summed E-state index contributed by atoms with van der Waals surface area (Å²) in [6, 6.07) is 9.60. The average molecular weight is 542 g/mol. The first-order chi connectivity index (χ1) is 18.7. The number of aromatic nitrogens is 3. The van der Waals surface area contributed by atoms with Crippen molar-refractivity contribution in [1.29, 1.82) is 0 Å². The number of anilines is 1. The molecular weight excluding hydrogens is 515 g/mol. The van der Waals surface area contributed by atoms with E-state index in [0.29, 0.717) is 50.4 Å². The topological polar surface area (TPSA) is 98.6 Å². The van der Waals surface area contributed by atoms with Gasteiger partial charge >= 0.3 is 6.18 Å². The summed E-state index contributed by atoms with van der Waals surface area (Å²) in [6.45, 7) is 2.10. The molecule has 2 saturated heterocycles. The van der Waals surface area contributed by atoms with Crippen molar-refractivity contribution in [3.63, 3.8) is 0 Å². The summed E-state index contributed by atoms with van der Waals surface area (Å²) in [5, 5.41) is 11.3. The molecule has 3 aliphatic heterocycles. The minimum absolute atomic E-state index is 0.0776. The van der Waals surface area contributed by atoms with Gasteiger partial charge in [-0.2, -0.15) is 13.2 Å². The van der Waals surface area contributed by atoms with Crippen molar-refractivity contribution in [3.05, 3.63) is 76.4 Å². The summed E-state index contributed by atoms with van der Waals surface area (Å²) in [5.41, 5.74) is -0.280. The van der Waals surface area contributed by atoms with E-state index in [1.165, 1.54) is 6.07 Å². The van der Waals surface area contributed by atoms with Gasteiger partial charge < -0.3 is 19.4 Å². The second-order valence-electron chi connectivity index (χ2n) is 10.3. The summed E-state index contributed by atoms with van der Waals surface area (Å²) in [5.74, 6) is -0.0510. The van der Waals surface area contributed by atoms with Gasteiger partial charge in [0.25, 0.3) is 12.4 Å². The summed E-state index contributed by atoms with van der Waals surface area (Å²) in [6.07, 6.45) is -3.51. The van der Waals surface area contributed by atoms with Crippen LogP contribution in [0.3, 0.4) is 0 Å². The van der Waals surface area contributed by atoms with Crippen LogP contribution >= 0.6 is 0 Å². The lowest BCUT2D eigenvalue weighted by Gasteiger charge is -2.42. The maximum absolute atomic E-state index is 14.4. The van der Waals surface area contributed by atoms with E-state index < -0.39 is 29.3 Å². The number of nitrogens with one attached hydrogen (secondary N) is 1. The van der Waals surface area contributed by atoms with E-state index in [4.69, 9.17) is 9.47 Å². The fourth-order valence-electron chi connectivity index (χ4n) is 5.80. The number of hydrogen-bond donors (Lipinski definition) is 1. The molecule has 204 valence electrons. The van der Waals surface area contributed by atoms with Gasteiger partial charge in [0.2, 0.25) is 6.23 Å². The number of halogens is 3. The number of hydrogen-bond acceptors (Lipinski definition) is 7. The molecule has 0 spiro atoms. The maximum Gasteiger partial charge on any atom is 0.416 e. The van der Waals surface area contributed by atoms with E-state index in [0.717, 1.165) is 22.4 Å². The number of fused-ring (bicyclic) bond motifs is 1. The van der Waals surface area contributed by atoms with E-state index in [2.05, 4.69) is 15.5 Å². The Balaban J connectivity index is 1.43. The molecule has 3 aromatic rings. The largest absolute Gasteiger partial charge is 0.439 e. The molecule has 39 heavy (non-hydrogen) atoms. The first-order valence-electron chi connectivity index (χ1n) is 12.6. The fraction of sp³-hybridized carbons (Fsp3) is 0.407. The molecule has 2 aromatic carbocycles. The lowest BCUT2D eigenvalue weighted by molar-refractivity contribution is -0.142. The van der Waals surface area contributed by atoms with Crippen LogP contribution in [0.15, 0.2) is 42.7 Å². The van der Waals surface area contributed by atoms with Gasteiger partial charge in [-0.3, -0.25) is 14.5 Å². The molecule has 12 heteroatoms. The number of benzene rings is 2. The van der Waals surface area contributed by atoms with E-state index in [9.17, 15) is 22.8 Å². The minimum atomic E-state index is -4.75. The van der Waals surface area contributed by atoms with Gasteiger partial charge in [0.05, 0.1) is 18.8 Å². The van der Waals surface area contributed by atoms with Crippen molar-refractivity contribution >= 4 is 18.1 Å². The molecule has 6 rings (SSSR count). The normalized spacial score (nSPS) is 22.1. The fourth-order valence-corrected chi connectivity index (χ4v) is 5.80. The lowest BCUT2D eigenvalue weighted by atomic mass is 9.75. The molecule has 4 heterocycles. The highest BCUT2D eigenvalue weighted by Crippen LogP contribution is 2.47. The first kappa shape index (κ1) is 25.5. The van der Waals surface area contributed by atoms with Gasteiger partial charge in [0.1, 0.15) is 12.2 Å². The van der Waals surface area contributed by atoms with Gasteiger partial charge in [-0.05, 0) is 54.3 Å². The highest BCUT2D eigenvalue weighted by molar-refractivity contribution is 6.11. The average Bonchev–Trinajstić information content (AvgIpc) is 3.62. The Morgan fingerprint density at radius 1 is 1.26 bits per heavy atom. The zero-order valence-corrected chi connectivity index (χ0v) is 21.1. The molecule has 2 atom stereocenters. The molecule has 0 saturated carbocycles. The van der Waals surface area contributed by atoms with Gasteiger partial charge in [0, 0.05) is 42.2 Å². The van der Waals surface area contributed by atoms with Crippen LogP contribution in [0.1, 0.15) is 57.0 Å². The highest BCUT2D eigenvalue weighted by atomic mass is 19.4. The van der Waals surface area contributed by atoms with Crippen LogP contribution in [0, 0.1) is 0 Å². The minimum Gasteiger partial charge on any atom is -0.439 e. The number of amides is 1. The van der Waals surface area contributed by atoms with Crippen LogP contribution in [0.4, 0.5) is 18.9 Å². The quantitative estimate of drug-likeness (QED) is 0.459. The van der Waals surface area contributed by atoms with E-state index in [-0.39, 0.29) is 23.5 Å². The van der Waals surface area contributed by atoms with Gasteiger partial charge in [-0.1, -0.05) is 12.1 Å².